The van der Waals surface area contributed by atoms with E-state index in [1.165, 1.54) is 11.4 Å². The Labute approximate surface area is 116 Å². The van der Waals surface area contributed by atoms with E-state index >= 15 is 0 Å². The fourth-order valence-electron chi connectivity index (χ4n) is 2.12. The van der Waals surface area contributed by atoms with Crippen molar-refractivity contribution in [1.82, 2.24) is 9.62 Å². The average Bonchev–Trinajstić information content (AvgIpc) is 2.91. The quantitative estimate of drug-likeness (QED) is 0.610. The Morgan fingerprint density at radius 3 is 2.75 bits per heavy atom. The fraction of sp³-hybridized carbons (Fsp3) is 0.455. The van der Waals surface area contributed by atoms with E-state index in [9.17, 15) is 23.6 Å². The molecular weight excluding hydrogens is 286 g/mol. The predicted molar refractivity (Wildman–Crippen MR) is 71.0 cm³/mol. The maximum Gasteiger partial charge on any atom is 0.312 e. The highest BCUT2D eigenvalue weighted by atomic mass is 32.2. The van der Waals surface area contributed by atoms with Crippen molar-refractivity contribution < 1.29 is 18.4 Å². The second-order valence-electron chi connectivity index (χ2n) is 4.58. The summed E-state index contributed by atoms with van der Waals surface area (Å²) in [5, 5.41) is 23.2. The van der Waals surface area contributed by atoms with Gasteiger partial charge in [0.05, 0.1) is 9.82 Å². The van der Waals surface area contributed by atoms with Crippen LogP contribution in [-0.2, 0) is 10.0 Å². The van der Waals surface area contributed by atoms with Crippen molar-refractivity contribution >= 4 is 15.7 Å². The third-order valence-electron chi connectivity index (χ3n) is 3.37. The fourth-order valence-corrected chi connectivity index (χ4v) is 3.53. The lowest BCUT2D eigenvalue weighted by molar-refractivity contribution is -0.386. The zero-order valence-electron chi connectivity index (χ0n) is 10.8. The third-order valence-corrected chi connectivity index (χ3v) is 5.28. The van der Waals surface area contributed by atoms with Crippen LogP contribution in [0.5, 0.6) is 5.75 Å². The number of nitrogens with zero attached hydrogens (tertiary/aromatic N) is 2. The number of nitro groups is 1. The number of phenolic OH excluding ortho intramolecular Hbond substituents is 1. The minimum absolute atomic E-state index is 0.173. The Morgan fingerprint density at radius 1 is 1.50 bits per heavy atom. The highest BCUT2D eigenvalue weighted by molar-refractivity contribution is 7.89. The monoisotopic (exact) mass is 301 g/mol. The molecule has 110 valence electrons. The summed E-state index contributed by atoms with van der Waals surface area (Å²) in [4.78, 5) is 9.74. The molecule has 1 atom stereocenters. The van der Waals surface area contributed by atoms with Crippen molar-refractivity contribution in [3.05, 3.63) is 28.3 Å². The molecule has 2 N–H and O–H groups in total. The molecule has 1 aliphatic heterocycles. The standard InChI is InChI=1S/C11H15N3O5S/c1-13(8-4-5-12-7-8)20(18,19)9-2-3-11(15)10(6-9)14(16)17/h2-3,6,8,12,15H,4-5,7H2,1H3. The van der Waals surface area contributed by atoms with Gasteiger partial charge in [0.15, 0.2) is 5.75 Å². The molecule has 1 unspecified atom stereocenters. The van der Waals surface area contributed by atoms with Crippen LogP contribution < -0.4 is 5.32 Å². The minimum Gasteiger partial charge on any atom is -0.502 e. The number of likely N-dealkylation sites (N-methyl/N-ethyl adjacent to an activating group) is 1. The molecular formula is C11H15N3O5S. The summed E-state index contributed by atoms with van der Waals surface area (Å²) in [5.74, 6) is -0.556. The summed E-state index contributed by atoms with van der Waals surface area (Å²) in [6.45, 7) is 1.29. The Kier molecular flexibility index (Phi) is 3.93. The normalized spacial score (nSPS) is 19.4. The third kappa shape index (κ3) is 2.60. The summed E-state index contributed by atoms with van der Waals surface area (Å²) in [6.07, 6.45) is 0.690. The van der Waals surface area contributed by atoms with Crippen LogP contribution in [-0.4, -0.2) is 48.9 Å². The Morgan fingerprint density at radius 2 is 2.20 bits per heavy atom. The van der Waals surface area contributed by atoms with Crippen molar-refractivity contribution in [3.63, 3.8) is 0 Å². The lowest BCUT2D eigenvalue weighted by Crippen LogP contribution is -2.38. The van der Waals surface area contributed by atoms with Gasteiger partial charge in [-0.3, -0.25) is 10.1 Å². The zero-order chi connectivity index (χ0) is 14.9. The molecule has 0 aromatic heterocycles. The summed E-state index contributed by atoms with van der Waals surface area (Å²) in [6, 6.07) is 2.89. The van der Waals surface area contributed by atoms with Gasteiger partial charge in [0, 0.05) is 25.7 Å². The van der Waals surface area contributed by atoms with E-state index in [4.69, 9.17) is 0 Å². The molecule has 1 heterocycles. The van der Waals surface area contributed by atoms with Crippen molar-refractivity contribution in [2.45, 2.75) is 17.4 Å². The maximum absolute atomic E-state index is 12.4. The van der Waals surface area contributed by atoms with Crippen LogP contribution >= 0.6 is 0 Å². The second kappa shape index (κ2) is 5.35. The van der Waals surface area contributed by atoms with E-state index in [-0.39, 0.29) is 10.9 Å². The number of sulfonamides is 1. The molecule has 1 saturated heterocycles. The molecule has 9 heteroatoms. The number of hydrogen-bond acceptors (Lipinski definition) is 6. The molecule has 8 nitrogen and oxygen atoms in total. The molecule has 1 aromatic rings. The Hall–Kier alpha value is -1.71. The van der Waals surface area contributed by atoms with Gasteiger partial charge >= 0.3 is 5.69 Å². The molecule has 1 aromatic carbocycles. The van der Waals surface area contributed by atoms with E-state index in [1.807, 2.05) is 0 Å². The first-order chi connectivity index (χ1) is 9.34. The number of nitrogens with one attached hydrogen (secondary N) is 1. The lowest BCUT2D eigenvalue weighted by Gasteiger charge is -2.23. The summed E-state index contributed by atoms with van der Waals surface area (Å²) in [5.41, 5.74) is -0.621. The van der Waals surface area contributed by atoms with Crippen LogP contribution in [0.1, 0.15) is 6.42 Å². The van der Waals surface area contributed by atoms with Gasteiger partial charge in [0.25, 0.3) is 0 Å². The van der Waals surface area contributed by atoms with Gasteiger partial charge < -0.3 is 10.4 Å². The van der Waals surface area contributed by atoms with E-state index in [1.54, 1.807) is 0 Å². The number of hydrogen-bond donors (Lipinski definition) is 2. The zero-order valence-corrected chi connectivity index (χ0v) is 11.6. The molecule has 0 amide bonds. The molecule has 0 spiro atoms. The summed E-state index contributed by atoms with van der Waals surface area (Å²) < 4.78 is 26.0. The van der Waals surface area contributed by atoms with Gasteiger partial charge in [0.2, 0.25) is 10.0 Å². The van der Waals surface area contributed by atoms with E-state index < -0.39 is 26.4 Å². The largest absolute Gasteiger partial charge is 0.502 e. The molecule has 0 saturated carbocycles. The Bertz CT molecular complexity index is 625. The highest BCUT2D eigenvalue weighted by Crippen LogP contribution is 2.30. The van der Waals surface area contributed by atoms with Gasteiger partial charge in [-0.05, 0) is 25.1 Å². The Balaban J connectivity index is 2.38. The van der Waals surface area contributed by atoms with Crippen LogP contribution in [0, 0.1) is 10.1 Å². The van der Waals surface area contributed by atoms with Gasteiger partial charge in [-0.25, -0.2) is 8.42 Å². The highest BCUT2D eigenvalue weighted by Gasteiger charge is 2.31. The smallest absolute Gasteiger partial charge is 0.312 e. The van der Waals surface area contributed by atoms with Crippen molar-refractivity contribution in [2.24, 2.45) is 0 Å². The van der Waals surface area contributed by atoms with E-state index in [2.05, 4.69) is 5.32 Å². The van der Waals surface area contributed by atoms with Crippen LogP contribution in [0.25, 0.3) is 0 Å². The molecule has 1 fully saturated rings. The number of benzene rings is 1. The van der Waals surface area contributed by atoms with Crippen molar-refractivity contribution in [3.8, 4) is 5.75 Å². The molecule has 2 rings (SSSR count). The molecule has 0 aliphatic carbocycles. The van der Waals surface area contributed by atoms with Gasteiger partial charge in [0.1, 0.15) is 0 Å². The maximum atomic E-state index is 12.4. The number of rotatable bonds is 4. The predicted octanol–water partition coefficient (Wildman–Crippen LogP) is 0.283. The number of phenols is 1. The van der Waals surface area contributed by atoms with Crippen LogP contribution in [0.4, 0.5) is 5.69 Å². The van der Waals surface area contributed by atoms with E-state index in [0.717, 1.165) is 24.7 Å². The average molecular weight is 301 g/mol. The lowest BCUT2D eigenvalue weighted by atomic mass is 10.3. The van der Waals surface area contributed by atoms with Crippen LogP contribution in [0.2, 0.25) is 0 Å². The SMILES string of the molecule is CN(C1CCNC1)S(=O)(=O)c1ccc(O)c([N+](=O)[O-])c1. The molecule has 0 bridgehead atoms. The first kappa shape index (κ1) is 14.7. The van der Waals surface area contributed by atoms with Gasteiger partial charge in [-0.2, -0.15) is 4.31 Å². The van der Waals surface area contributed by atoms with Gasteiger partial charge in [-0.15, -0.1) is 0 Å². The summed E-state index contributed by atoms with van der Waals surface area (Å²) >= 11 is 0. The van der Waals surface area contributed by atoms with Crippen LogP contribution in [0.15, 0.2) is 23.1 Å². The first-order valence-corrected chi connectivity index (χ1v) is 7.44. The molecule has 20 heavy (non-hydrogen) atoms. The van der Waals surface area contributed by atoms with Crippen LogP contribution in [0.3, 0.4) is 0 Å². The topological polar surface area (TPSA) is 113 Å². The summed E-state index contributed by atoms with van der Waals surface area (Å²) in [7, 11) is -2.37. The van der Waals surface area contributed by atoms with Crippen molar-refractivity contribution in [2.75, 3.05) is 20.1 Å². The first-order valence-electron chi connectivity index (χ1n) is 6.00. The molecule has 0 radical (unpaired) electrons. The number of aromatic hydroxyl groups is 1. The number of nitro benzene ring substituents is 1. The second-order valence-corrected chi connectivity index (χ2v) is 6.57. The van der Waals surface area contributed by atoms with Crippen molar-refractivity contribution in [1.29, 1.82) is 0 Å². The molecule has 1 aliphatic rings. The van der Waals surface area contributed by atoms with Gasteiger partial charge in [-0.1, -0.05) is 0 Å². The van der Waals surface area contributed by atoms with E-state index in [0.29, 0.717) is 13.0 Å². The minimum atomic E-state index is -3.82.